The highest BCUT2D eigenvalue weighted by atomic mass is 16.5. The SMILES string of the molecule is [2H]COC1CCC(n2c([C@@H]3C=COCN3c3cnn(C)c3)nc3cc(-c4c(C)noc4C)ccc32)CC1. The molecule has 4 heterocycles. The van der Waals surface area contributed by atoms with Crippen LogP contribution in [0.2, 0.25) is 0 Å². The van der Waals surface area contributed by atoms with E-state index in [-0.39, 0.29) is 19.2 Å². The lowest BCUT2D eigenvalue weighted by Gasteiger charge is -2.35. The second-order valence-corrected chi connectivity index (χ2v) is 9.75. The van der Waals surface area contributed by atoms with Gasteiger partial charge in [-0.1, -0.05) is 11.2 Å². The normalized spacial score (nSPS) is 22.7. The molecule has 1 atom stereocenters. The van der Waals surface area contributed by atoms with Crippen LogP contribution in [-0.4, -0.2) is 44.4 Å². The highest BCUT2D eigenvalue weighted by Gasteiger charge is 2.32. The van der Waals surface area contributed by atoms with Crippen molar-refractivity contribution in [1.29, 1.82) is 0 Å². The van der Waals surface area contributed by atoms with Gasteiger partial charge in [0.1, 0.15) is 17.6 Å². The number of methoxy groups -OCH3 is 1. The predicted molar refractivity (Wildman–Crippen MR) is 137 cm³/mol. The van der Waals surface area contributed by atoms with Gasteiger partial charge in [-0.2, -0.15) is 5.10 Å². The molecule has 6 rings (SSSR count). The van der Waals surface area contributed by atoms with Gasteiger partial charge < -0.3 is 23.5 Å². The number of aryl methyl sites for hydroxylation is 3. The maximum Gasteiger partial charge on any atom is 0.161 e. The molecule has 36 heavy (non-hydrogen) atoms. The molecule has 0 N–H and O–H groups in total. The fourth-order valence-corrected chi connectivity index (χ4v) is 5.69. The molecule has 3 aromatic heterocycles. The van der Waals surface area contributed by atoms with E-state index in [1.165, 1.54) is 0 Å². The zero-order valence-electron chi connectivity index (χ0n) is 21.9. The van der Waals surface area contributed by atoms with Gasteiger partial charge in [0.2, 0.25) is 0 Å². The standard InChI is InChI=1S/C27H32N6O3/c1-17-26(18(2)36-30-17)19-5-10-24-23(13-19)29-27(33(24)20-6-8-22(34-4)9-7-20)25-11-12-35-16-32(25)21-14-28-31(3)15-21/h5,10-15,20,22,25H,6-9,16H2,1-4H3/t20?,22?,25-/m0/s1/i4D. The van der Waals surface area contributed by atoms with E-state index in [4.69, 9.17) is 20.4 Å². The molecule has 1 saturated carbocycles. The second-order valence-electron chi connectivity index (χ2n) is 9.75. The predicted octanol–water partition coefficient (Wildman–Crippen LogP) is 5.22. The molecule has 4 aromatic rings. The Balaban J connectivity index is 1.46. The molecule has 0 radical (unpaired) electrons. The molecule has 0 spiro atoms. The van der Waals surface area contributed by atoms with Crippen LogP contribution >= 0.6 is 0 Å². The van der Waals surface area contributed by atoms with Crippen molar-refractivity contribution in [2.75, 3.05) is 18.7 Å². The fraction of sp³-hybridized carbons (Fsp3) is 0.444. The Morgan fingerprint density at radius 1 is 1.17 bits per heavy atom. The van der Waals surface area contributed by atoms with Crippen LogP contribution < -0.4 is 4.90 Å². The molecule has 9 heteroatoms. The Morgan fingerprint density at radius 2 is 2.03 bits per heavy atom. The second kappa shape index (κ2) is 9.13. The lowest BCUT2D eigenvalue weighted by molar-refractivity contribution is 0.0584. The van der Waals surface area contributed by atoms with Crippen LogP contribution in [0.25, 0.3) is 22.2 Å². The molecule has 0 saturated heterocycles. The average Bonchev–Trinajstić information content (AvgIpc) is 3.60. The molecule has 188 valence electrons. The first-order chi connectivity index (χ1) is 18.0. The number of fused-ring (bicyclic) bond motifs is 1. The number of hydrogen-bond acceptors (Lipinski definition) is 7. The Bertz CT molecular complexity index is 1410. The number of aromatic nitrogens is 5. The van der Waals surface area contributed by atoms with Crippen LogP contribution in [0.15, 0.2) is 47.5 Å². The van der Waals surface area contributed by atoms with E-state index in [1.807, 2.05) is 33.3 Å². The van der Waals surface area contributed by atoms with Gasteiger partial charge in [-0.15, -0.1) is 0 Å². The third-order valence-corrected chi connectivity index (χ3v) is 7.48. The number of anilines is 1. The Hall–Kier alpha value is -3.59. The molecule has 1 aliphatic carbocycles. The van der Waals surface area contributed by atoms with Crippen LogP contribution in [0.5, 0.6) is 0 Å². The lowest BCUT2D eigenvalue weighted by Crippen LogP contribution is -2.34. The number of ether oxygens (including phenoxy) is 2. The molecular weight excluding hydrogens is 456 g/mol. The van der Waals surface area contributed by atoms with Crippen molar-refractivity contribution in [3.8, 4) is 11.1 Å². The van der Waals surface area contributed by atoms with E-state index in [2.05, 4.69) is 44.0 Å². The van der Waals surface area contributed by atoms with E-state index < -0.39 is 0 Å². The van der Waals surface area contributed by atoms with Crippen molar-refractivity contribution >= 4 is 16.7 Å². The average molecular weight is 490 g/mol. The van der Waals surface area contributed by atoms with E-state index in [1.54, 1.807) is 10.9 Å². The first-order valence-electron chi connectivity index (χ1n) is 13.1. The minimum atomic E-state index is -0.102. The first kappa shape index (κ1) is 21.7. The summed E-state index contributed by atoms with van der Waals surface area (Å²) in [7, 11) is 1.94. The topological polar surface area (TPSA) is 83.4 Å². The Kier molecular flexibility index (Phi) is 5.50. The largest absolute Gasteiger partial charge is 0.481 e. The summed E-state index contributed by atoms with van der Waals surface area (Å²) in [4.78, 5) is 7.44. The first-order valence-corrected chi connectivity index (χ1v) is 12.4. The van der Waals surface area contributed by atoms with Gasteiger partial charge in [0.05, 0.1) is 42.3 Å². The molecule has 0 unspecified atom stereocenters. The fourth-order valence-electron chi connectivity index (χ4n) is 5.69. The number of imidazole rings is 1. The van der Waals surface area contributed by atoms with E-state index in [0.29, 0.717) is 12.8 Å². The quantitative estimate of drug-likeness (QED) is 0.380. The third-order valence-electron chi connectivity index (χ3n) is 7.48. The highest BCUT2D eigenvalue weighted by Crippen LogP contribution is 2.39. The van der Waals surface area contributed by atoms with Crippen LogP contribution in [0, 0.1) is 13.8 Å². The van der Waals surface area contributed by atoms with Crippen LogP contribution in [-0.2, 0) is 16.5 Å². The molecule has 0 bridgehead atoms. The van der Waals surface area contributed by atoms with E-state index >= 15 is 0 Å². The Labute approximate surface area is 211 Å². The van der Waals surface area contributed by atoms with Gasteiger partial charge in [-0.25, -0.2) is 4.98 Å². The summed E-state index contributed by atoms with van der Waals surface area (Å²) in [6, 6.07) is 6.66. The maximum atomic E-state index is 7.44. The third kappa shape index (κ3) is 3.87. The van der Waals surface area contributed by atoms with E-state index in [0.717, 1.165) is 70.8 Å². The monoisotopic (exact) mass is 489 g/mol. The van der Waals surface area contributed by atoms with Crippen LogP contribution in [0.1, 0.15) is 56.4 Å². The van der Waals surface area contributed by atoms with Crippen molar-refractivity contribution in [3.63, 3.8) is 0 Å². The molecule has 1 aliphatic heterocycles. The highest BCUT2D eigenvalue weighted by molar-refractivity contribution is 5.84. The zero-order chi connectivity index (χ0) is 25.5. The van der Waals surface area contributed by atoms with Crippen LogP contribution in [0.4, 0.5) is 5.69 Å². The van der Waals surface area contributed by atoms with Crippen molar-refractivity contribution in [2.24, 2.45) is 7.05 Å². The molecular formula is C27H32N6O3. The molecule has 0 amide bonds. The Morgan fingerprint density at radius 3 is 2.75 bits per heavy atom. The molecule has 1 aromatic carbocycles. The lowest BCUT2D eigenvalue weighted by atomic mass is 9.92. The van der Waals surface area contributed by atoms with Crippen molar-refractivity contribution in [1.82, 2.24) is 24.5 Å². The van der Waals surface area contributed by atoms with Gasteiger partial charge in [0.15, 0.2) is 6.73 Å². The summed E-state index contributed by atoms with van der Waals surface area (Å²) in [5.41, 5.74) is 6.00. The van der Waals surface area contributed by atoms with E-state index in [9.17, 15) is 0 Å². The number of rotatable bonds is 5. The summed E-state index contributed by atoms with van der Waals surface area (Å²) >= 11 is 0. The minimum Gasteiger partial charge on any atom is -0.481 e. The summed E-state index contributed by atoms with van der Waals surface area (Å²) in [5.74, 6) is 1.79. The number of benzene rings is 1. The summed E-state index contributed by atoms with van der Waals surface area (Å²) < 4.78 is 28.4. The van der Waals surface area contributed by atoms with Gasteiger partial charge in [-0.05, 0) is 63.3 Å². The summed E-state index contributed by atoms with van der Waals surface area (Å²) in [6.45, 7) is 4.33. The summed E-state index contributed by atoms with van der Waals surface area (Å²) in [5, 5.41) is 8.53. The van der Waals surface area contributed by atoms with Crippen molar-refractivity contribution < 1.29 is 15.4 Å². The smallest absolute Gasteiger partial charge is 0.161 e. The van der Waals surface area contributed by atoms with Crippen LogP contribution in [0.3, 0.4) is 0 Å². The molecule has 9 nitrogen and oxygen atoms in total. The van der Waals surface area contributed by atoms with Gasteiger partial charge >= 0.3 is 0 Å². The maximum absolute atomic E-state index is 7.44. The minimum absolute atomic E-state index is 0.0198. The number of nitrogens with zero attached hydrogens (tertiary/aromatic N) is 6. The summed E-state index contributed by atoms with van der Waals surface area (Å²) in [6.07, 6.45) is 11.7. The van der Waals surface area contributed by atoms with Crippen molar-refractivity contribution in [3.05, 3.63) is 60.2 Å². The van der Waals surface area contributed by atoms with Gasteiger partial charge in [0, 0.05) is 31.9 Å². The molecule has 2 aliphatic rings. The number of hydrogen-bond donors (Lipinski definition) is 0. The van der Waals surface area contributed by atoms with Gasteiger partial charge in [-0.3, -0.25) is 4.68 Å². The van der Waals surface area contributed by atoms with Crippen molar-refractivity contribution in [2.45, 2.75) is 57.7 Å². The van der Waals surface area contributed by atoms with Gasteiger partial charge in [0.25, 0.3) is 0 Å². The molecule has 1 fully saturated rings. The zero-order valence-corrected chi connectivity index (χ0v) is 20.9.